The van der Waals surface area contributed by atoms with Crippen molar-refractivity contribution in [2.45, 2.75) is 25.7 Å². The minimum atomic E-state index is -3.66. The molecule has 8 nitrogen and oxygen atoms in total. The maximum atomic E-state index is 12.7. The van der Waals surface area contributed by atoms with E-state index in [9.17, 15) is 18.0 Å². The second-order valence-electron chi connectivity index (χ2n) is 5.27. The Balaban J connectivity index is 2.87. The van der Waals surface area contributed by atoms with Crippen molar-refractivity contribution in [3.8, 4) is 0 Å². The van der Waals surface area contributed by atoms with Crippen molar-refractivity contribution < 1.29 is 27.9 Å². The number of nitrogens with zero attached hydrogens (tertiary/aromatic N) is 1. The molecule has 1 amide bonds. The summed E-state index contributed by atoms with van der Waals surface area (Å²) in [6.45, 7) is 5.61. The molecule has 0 aromatic heterocycles. The van der Waals surface area contributed by atoms with Gasteiger partial charge in [0.05, 0.1) is 11.5 Å². The zero-order valence-corrected chi connectivity index (χ0v) is 15.4. The first-order valence-corrected chi connectivity index (χ1v) is 9.36. The zero-order valence-electron chi connectivity index (χ0n) is 14.6. The molecule has 2 N–H and O–H groups in total. The first kappa shape index (κ1) is 21.1. The number of benzene rings is 1. The third kappa shape index (κ3) is 5.80. The Kier molecular flexibility index (Phi) is 8.01. The summed E-state index contributed by atoms with van der Waals surface area (Å²) in [5.74, 6) is -1.54. The molecule has 1 aromatic carbocycles. The second kappa shape index (κ2) is 9.50. The number of aliphatic carboxylic acids is 1. The molecule has 0 aliphatic carbocycles. The topological polar surface area (TPSA) is 113 Å². The van der Waals surface area contributed by atoms with Gasteiger partial charge in [-0.15, -0.1) is 0 Å². The van der Waals surface area contributed by atoms with Gasteiger partial charge in [-0.05, 0) is 24.6 Å². The number of carboxylic acids is 1. The Morgan fingerprint density at radius 3 is 2.44 bits per heavy atom. The molecule has 0 aliphatic heterocycles. The molecule has 0 saturated carbocycles. The minimum Gasteiger partial charge on any atom is -0.480 e. The van der Waals surface area contributed by atoms with Gasteiger partial charge in [0.25, 0.3) is 5.91 Å². The van der Waals surface area contributed by atoms with E-state index in [-0.39, 0.29) is 23.6 Å². The monoisotopic (exact) mass is 372 g/mol. The molecule has 1 rings (SSSR count). The number of sulfonamides is 1. The molecule has 0 heterocycles. The lowest BCUT2D eigenvalue weighted by Crippen LogP contribution is -2.32. The highest BCUT2D eigenvalue weighted by atomic mass is 32.2. The molecule has 1 aromatic rings. The van der Waals surface area contributed by atoms with Crippen LogP contribution in [0.1, 0.15) is 29.8 Å². The number of nitrogens with one attached hydrogen (secondary N) is 1. The molecule has 0 bridgehead atoms. The van der Waals surface area contributed by atoms with Crippen LogP contribution in [0, 0.1) is 6.92 Å². The van der Waals surface area contributed by atoms with Crippen molar-refractivity contribution in [3.05, 3.63) is 29.3 Å². The molecule has 25 heavy (non-hydrogen) atoms. The fraction of sp³-hybridized carbons (Fsp3) is 0.500. The van der Waals surface area contributed by atoms with Crippen LogP contribution < -0.4 is 5.32 Å². The van der Waals surface area contributed by atoms with Gasteiger partial charge in [-0.25, -0.2) is 13.2 Å². The largest absolute Gasteiger partial charge is 0.480 e. The number of aryl methyl sites for hydroxylation is 1. The highest BCUT2D eigenvalue weighted by Crippen LogP contribution is 2.21. The van der Waals surface area contributed by atoms with Gasteiger partial charge < -0.3 is 15.2 Å². The van der Waals surface area contributed by atoms with Crippen LogP contribution in [0.5, 0.6) is 0 Å². The lowest BCUT2D eigenvalue weighted by atomic mass is 10.1. The standard InChI is InChI=1S/C16H24N2O6S/c1-4-18(5-2)25(22,23)14-10-13(7-6-12(14)3)16(21)17-8-9-24-11-15(19)20/h6-7,10H,4-5,8-9,11H2,1-3H3,(H,17,21)(H,19,20). The van der Waals surface area contributed by atoms with Crippen LogP contribution in [0.4, 0.5) is 0 Å². The first-order chi connectivity index (χ1) is 11.7. The molecule has 0 fully saturated rings. The lowest BCUT2D eigenvalue weighted by Gasteiger charge is -2.20. The summed E-state index contributed by atoms with van der Waals surface area (Å²) >= 11 is 0. The predicted molar refractivity (Wildman–Crippen MR) is 92.1 cm³/mol. The van der Waals surface area contributed by atoms with Crippen LogP contribution in [0.25, 0.3) is 0 Å². The molecule has 0 unspecified atom stereocenters. The number of carbonyl (C=O) groups is 2. The Bertz CT molecular complexity index is 713. The van der Waals surface area contributed by atoms with Gasteiger partial charge in [0.15, 0.2) is 0 Å². The molecule has 140 valence electrons. The van der Waals surface area contributed by atoms with Gasteiger partial charge in [-0.1, -0.05) is 19.9 Å². The van der Waals surface area contributed by atoms with E-state index in [1.165, 1.54) is 10.4 Å². The summed E-state index contributed by atoms with van der Waals surface area (Å²) in [5, 5.41) is 11.0. The van der Waals surface area contributed by atoms with Crippen molar-refractivity contribution in [2.75, 3.05) is 32.8 Å². The molecular weight excluding hydrogens is 348 g/mol. The third-order valence-corrected chi connectivity index (χ3v) is 5.72. The van der Waals surface area contributed by atoms with Gasteiger partial charge in [-0.3, -0.25) is 4.79 Å². The fourth-order valence-electron chi connectivity index (χ4n) is 2.22. The van der Waals surface area contributed by atoms with Crippen LogP contribution in [-0.2, 0) is 19.6 Å². The number of rotatable bonds is 10. The van der Waals surface area contributed by atoms with E-state index < -0.39 is 28.5 Å². The average Bonchev–Trinajstić information content (AvgIpc) is 2.55. The van der Waals surface area contributed by atoms with Gasteiger partial charge >= 0.3 is 5.97 Å². The van der Waals surface area contributed by atoms with Gasteiger partial charge in [0.1, 0.15) is 6.61 Å². The molecule has 0 atom stereocenters. The highest BCUT2D eigenvalue weighted by Gasteiger charge is 2.24. The maximum Gasteiger partial charge on any atom is 0.329 e. The van der Waals surface area contributed by atoms with Crippen LogP contribution in [-0.4, -0.2) is 62.6 Å². The van der Waals surface area contributed by atoms with Gasteiger partial charge in [0.2, 0.25) is 10.0 Å². The second-order valence-corrected chi connectivity index (χ2v) is 7.18. The van der Waals surface area contributed by atoms with E-state index in [4.69, 9.17) is 9.84 Å². The normalized spacial score (nSPS) is 11.5. The number of hydrogen-bond acceptors (Lipinski definition) is 5. The summed E-state index contributed by atoms with van der Waals surface area (Å²) < 4.78 is 31.5. The molecule has 0 aliphatic rings. The number of hydrogen-bond donors (Lipinski definition) is 2. The maximum absolute atomic E-state index is 12.7. The van der Waals surface area contributed by atoms with Crippen molar-refractivity contribution >= 4 is 21.9 Å². The van der Waals surface area contributed by atoms with Crippen molar-refractivity contribution in [1.82, 2.24) is 9.62 Å². The Hall–Kier alpha value is -1.97. The third-order valence-electron chi connectivity index (χ3n) is 3.53. The molecule has 9 heteroatoms. The number of carbonyl (C=O) groups excluding carboxylic acids is 1. The number of ether oxygens (including phenoxy) is 1. The van der Waals surface area contributed by atoms with Crippen LogP contribution in [0.15, 0.2) is 23.1 Å². The van der Waals surface area contributed by atoms with Gasteiger partial charge in [0, 0.05) is 25.2 Å². The number of carboxylic acid groups (broad SMARTS) is 1. The zero-order chi connectivity index (χ0) is 19.0. The molecule has 0 spiro atoms. The summed E-state index contributed by atoms with van der Waals surface area (Å²) in [5.41, 5.74) is 0.780. The summed E-state index contributed by atoms with van der Waals surface area (Å²) in [6, 6.07) is 4.49. The van der Waals surface area contributed by atoms with Crippen LogP contribution in [0.3, 0.4) is 0 Å². The fourth-order valence-corrected chi connectivity index (χ4v) is 3.93. The van der Waals surface area contributed by atoms with E-state index in [1.807, 2.05) is 0 Å². The van der Waals surface area contributed by atoms with Crippen molar-refractivity contribution in [3.63, 3.8) is 0 Å². The SMILES string of the molecule is CCN(CC)S(=O)(=O)c1cc(C(=O)NCCOCC(=O)O)ccc1C. The van der Waals surface area contributed by atoms with Crippen molar-refractivity contribution in [1.29, 1.82) is 0 Å². The van der Waals surface area contributed by atoms with E-state index >= 15 is 0 Å². The van der Waals surface area contributed by atoms with Crippen LogP contribution >= 0.6 is 0 Å². The Labute approximate surface area is 147 Å². The summed E-state index contributed by atoms with van der Waals surface area (Å²) in [6.07, 6.45) is 0. The molecule has 0 radical (unpaired) electrons. The molecule has 0 saturated heterocycles. The quantitative estimate of drug-likeness (QED) is 0.589. The Morgan fingerprint density at radius 1 is 1.24 bits per heavy atom. The van der Waals surface area contributed by atoms with Crippen molar-refractivity contribution in [2.24, 2.45) is 0 Å². The van der Waals surface area contributed by atoms with E-state index in [2.05, 4.69) is 5.32 Å². The lowest BCUT2D eigenvalue weighted by molar-refractivity contribution is -0.142. The number of amides is 1. The minimum absolute atomic E-state index is 0.0501. The predicted octanol–water partition coefficient (Wildman–Crippen LogP) is 0.857. The first-order valence-electron chi connectivity index (χ1n) is 7.92. The smallest absolute Gasteiger partial charge is 0.329 e. The van der Waals surface area contributed by atoms with E-state index in [0.717, 1.165) is 0 Å². The highest BCUT2D eigenvalue weighted by molar-refractivity contribution is 7.89. The van der Waals surface area contributed by atoms with Crippen LogP contribution in [0.2, 0.25) is 0 Å². The van der Waals surface area contributed by atoms with E-state index in [0.29, 0.717) is 18.7 Å². The molecular formula is C16H24N2O6S. The summed E-state index contributed by atoms with van der Waals surface area (Å²) in [4.78, 5) is 22.6. The Morgan fingerprint density at radius 2 is 1.88 bits per heavy atom. The summed E-state index contributed by atoms with van der Waals surface area (Å²) in [7, 11) is -3.66. The average molecular weight is 372 g/mol. The van der Waals surface area contributed by atoms with E-state index in [1.54, 1.807) is 32.9 Å². The van der Waals surface area contributed by atoms with Gasteiger partial charge in [-0.2, -0.15) is 4.31 Å².